The molecule has 0 aromatic heterocycles. The number of benzene rings is 1. The van der Waals surface area contributed by atoms with E-state index in [1.807, 2.05) is 0 Å². The van der Waals surface area contributed by atoms with Gasteiger partial charge in [-0.2, -0.15) is 0 Å². The number of amides is 1. The highest BCUT2D eigenvalue weighted by atomic mass is 16.5. The van der Waals surface area contributed by atoms with Gasteiger partial charge in [0.1, 0.15) is 0 Å². The minimum atomic E-state index is 0.334. The van der Waals surface area contributed by atoms with Gasteiger partial charge in [0.05, 0.1) is 6.54 Å². The van der Waals surface area contributed by atoms with Crippen LogP contribution >= 0.6 is 0 Å². The normalized spacial score (nSPS) is 19.9. The molecule has 0 aliphatic carbocycles. The van der Waals surface area contributed by atoms with Gasteiger partial charge in [0, 0.05) is 26.3 Å². The molecular formula is C24H38N2O2. The lowest BCUT2D eigenvalue weighted by Crippen LogP contribution is -2.46. The van der Waals surface area contributed by atoms with E-state index in [-0.39, 0.29) is 0 Å². The highest BCUT2D eigenvalue weighted by Gasteiger charge is 2.26. The largest absolute Gasteiger partial charge is 0.381 e. The molecule has 0 saturated carbocycles. The standard InChI is InChI=1S/C24H38N2O2/c1-3-28-19-23-10-14-25(15-11-23)18-24(27)26-16-12-22(13-17-26)9-8-21-6-4-20(2)5-7-21/h4-7,22-23H,3,8-19H2,1-2H3. The summed E-state index contributed by atoms with van der Waals surface area (Å²) < 4.78 is 5.55. The summed E-state index contributed by atoms with van der Waals surface area (Å²) >= 11 is 0. The van der Waals surface area contributed by atoms with Crippen LogP contribution < -0.4 is 0 Å². The number of hydrogen-bond acceptors (Lipinski definition) is 3. The van der Waals surface area contributed by atoms with Gasteiger partial charge in [0.15, 0.2) is 0 Å². The van der Waals surface area contributed by atoms with Gasteiger partial charge in [-0.1, -0.05) is 29.8 Å². The molecule has 2 aliphatic heterocycles. The first-order valence-electron chi connectivity index (χ1n) is 11.3. The van der Waals surface area contributed by atoms with E-state index in [2.05, 4.69) is 47.9 Å². The van der Waals surface area contributed by atoms with E-state index in [9.17, 15) is 4.79 Å². The van der Waals surface area contributed by atoms with Crippen LogP contribution in [0.3, 0.4) is 0 Å². The summed E-state index contributed by atoms with van der Waals surface area (Å²) in [5.74, 6) is 1.77. The number of likely N-dealkylation sites (tertiary alicyclic amines) is 2. The van der Waals surface area contributed by atoms with Crippen molar-refractivity contribution in [3.63, 3.8) is 0 Å². The topological polar surface area (TPSA) is 32.8 Å². The Morgan fingerprint density at radius 1 is 1.00 bits per heavy atom. The lowest BCUT2D eigenvalue weighted by Gasteiger charge is -2.35. The van der Waals surface area contributed by atoms with Crippen molar-refractivity contribution < 1.29 is 9.53 Å². The molecule has 4 nitrogen and oxygen atoms in total. The summed E-state index contributed by atoms with van der Waals surface area (Å²) in [5, 5.41) is 0. The second-order valence-corrected chi connectivity index (χ2v) is 8.73. The van der Waals surface area contributed by atoms with E-state index >= 15 is 0 Å². The van der Waals surface area contributed by atoms with Crippen molar-refractivity contribution in [1.29, 1.82) is 0 Å². The minimum Gasteiger partial charge on any atom is -0.381 e. The maximum atomic E-state index is 12.7. The Balaban J connectivity index is 1.32. The molecule has 2 heterocycles. The van der Waals surface area contributed by atoms with E-state index < -0.39 is 0 Å². The third-order valence-electron chi connectivity index (χ3n) is 6.55. The van der Waals surface area contributed by atoms with Gasteiger partial charge in [-0.25, -0.2) is 0 Å². The fraction of sp³-hybridized carbons (Fsp3) is 0.708. The van der Waals surface area contributed by atoms with Crippen LogP contribution in [0, 0.1) is 18.8 Å². The van der Waals surface area contributed by atoms with Crippen molar-refractivity contribution in [3.05, 3.63) is 35.4 Å². The maximum Gasteiger partial charge on any atom is 0.236 e. The van der Waals surface area contributed by atoms with Crippen molar-refractivity contribution in [3.8, 4) is 0 Å². The molecule has 28 heavy (non-hydrogen) atoms. The number of rotatable bonds is 8. The molecule has 1 aromatic carbocycles. The van der Waals surface area contributed by atoms with Crippen LogP contribution in [-0.4, -0.2) is 61.6 Å². The Labute approximate surface area is 171 Å². The van der Waals surface area contributed by atoms with E-state index in [4.69, 9.17) is 4.74 Å². The molecule has 0 spiro atoms. The number of hydrogen-bond donors (Lipinski definition) is 0. The lowest BCUT2D eigenvalue weighted by molar-refractivity contribution is -0.134. The highest BCUT2D eigenvalue weighted by Crippen LogP contribution is 2.23. The van der Waals surface area contributed by atoms with Gasteiger partial charge >= 0.3 is 0 Å². The minimum absolute atomic E-state index is 0.334. The number of ether oxygens (including phenoxy) is 1. The molecule has 156 valence electrons. The fourth-order valence-electron chi connectivity index (χ4n) is 4.48. The number of nitrogens with zero attached hydrogens (tertiary/aromatic N) is 2. The van der Waals surface area contributed by atoms with Crippen molar-refractivity contribution in [2.45, 2.75) is 52.4 Å². The third kappa shape index (κ3) is 6.59. The summed E-state index contributed by atoms with van der Waals surface area (Å²) in [4.78, 5) is 17.1. The highest BCUT2D eigenvalue weighted by molar-refractivity contribution is 5.78. The zero-order valence-corrected chi connectivity index (χ0v) is 17.9. The van der Waals surface area contributed by atoms with E-state index in [1.165, 1.54) is 17.5 Å². The van der Waals surface area contributed by atoms with E-state index in [0.29, 0.717) is 18.4 Å². The molecule has 2 aliphatic rings. The fourth-order valence-corrected chi connectivity index (χ4v) is 4.48. The van der Waals surface area contributed by atoms with Gasteiger partial charge in [-0.05, 0) is 82.9 Å². The molecule has 2 fully saturated rings. The lowest BCUT2D eigenvalue weighted by atomic mass is 9.90. The Hall–Kier alpha value is -1.39. The number of aryl methyl sites for hydroxylation is 2. The Morgan fingerprint density at radius 2 is 1.64 bits per heavy atom. The molecule has 0 N–H and O–H groups in total. The second-order valence-electron chi connectivity index (χ2n) is 8.73. The summed E-state index contributed by atoms with van der Waals surface area (Å²) in [5.41, 5.74) is 2.77. The molecule has 1 amide bonds. The van der Waals surface area contributed by atoms with Crippen LogP contribution in [0.5, 0.6) is 0 Å². The number of carbonyl (C=O) groups is 1. The van der Waals surface area contributed by atoms with Crippen LogP contribution in [0.25, 0.3) is 0 Å². The second kappa shape index (κ2) is 11.0. The van der Waals surface area contributed by atoms with Crippen LogP contribution in [0.2, 0.25) is 0 Å². The van der Waals surface area contributed by atoms with Gasteiger partial charge < -0.3 is 9.64 Å². The Kier molecular flexibility index (Phi) is 8.35. The molecule has 3 rings (SSSR count). The summed E-state index contributed by atoms with van der Waals surface area (Å²) in [7, 11) is 0. The first-order valence-corrected chi connectivity index (χ1v) is 11.3. The SMILES string of the molecule is CCOCC1CCN(CC(=O)N2CCC(CCc3ccc(C)cc3)CC2)CC1. The molecule has 0 unspecified atom stereocenters. The monoisotopic (exact) mass is 386 g/mol. The predicted molar refractivity (Wildman–Crippen MR) is 114 cm³/mol. The zero-order chi connectivity index (χ0) is 19.8. The average Bonchev–Trinajstić information content (AvgIpc) is 2.73. The summed E-state index contributed by atoms with van der Waals surface area (Å²) in [6.45, 7) is 10.5. The molecule has 2 saturated heterocycles. The van der Waals surface area contributed by atoms with Crippen LogP contribution in [-0.2, 0) is 16.0 Å². The number of carbonyl (C=O) groups excluding carboxylic acids is 1. The molecule has 0 radical (unpaired) electrons. The van der Waals surface area contributed by atoms with Crippen LogP contribution in [0.15, 0.2) is 24.3 Å². The Bertz CT molecular complexity index is 585. The van der Waals surface area contributed by atoms with Crippen molar-refractivity contribution in [2.75, 3.05) is 45.9 Å². The van der Waals surface area contributed by atoms with Crippen molar-refractivity contribution >= 4 is 5.91 Å². The molecular weight excluding hydrogens is 348 g/mol. The first-order chi connectivity index (χ1) is 13.6. The summed E-state index contributed by atoms with van der Waals surface area (Å²) in [6, 6.07) is 8.92. The maximum absolute atomic E-state index is 12.7. The van der Waals surface area contributed by atoms with Crippen molar-refractivity contribution in [1.82, 2.24) is 9.80 Å². The molecule has 4 heteroatoms. The van der Waals surface area contributed by atoms with E-state index in [0.717, 1.165) is 77.4 Å². The molecule has 0 bridgehead atoms. The van der Waals surface area contributed by atoms with Crippen molar-refractivity contribution in [2.24, 2.45) is 11.8 Å². The van der Waals surface area contributed by atoms with Crippen LogP contribution in [0.4, 0.5) is 0 Å². The quantitative estimate of drug-likeness (QED) is 0.679. The molecule has 1 aromatic rings. The zero-order valence-electron chi connectivity index (χ0n) is 17.9. The van der Waals surface area contributed by atoms with E-state index in [1.54, 1.807) is 0 Å². The smallest absolute Gasteiger partial charge is 0.236 e. The molecule has 0 atom stereocenters. The van der Waals surface area contributed by atoms with Gasteiger partial charge in [-0.3, -0.25) is 9.69 Å². The Morgan fingerprint density at radius 3 is 2.29 bits per heavy atom. The van der Waals surface area contributed by atoms with Gasteiger partial charge in [0.25, 0.3) is 0 Å². The average molecular weight is 387 g/mol. The number of piperidine rings is 2. The van der Waals surface area contributed by atoms with Gasteiger partial charge in [-0.15, -0.1) is 0 Å². The predicted octanol–water partition coefficient (Wildman–Crippen LogP) is 3.91. The summed E-state index contributed by atoms with van der Waals surface area (Å²) in [6.07, 6.45) is 7.05. The first kappa shape index (κ1) is 21.3. The van der Waals surface area contributed by atoms with Crippen LogP contribution in [0.1, 0.15) is 50.2 Å². The van der Waals surface area contributed by atoms with Gasteiger partial charge in [0.2, 0.25) is 5.91 Å². The third-order valence-corrected chi connectivity index (χ3v) is 6.55.